The van der Waals surface area contributed by atoms with Crippen LogP contribution in [0.25, 0.3) is 21.1 Å². The van der Waals surface area contributed by atoms with E-state index in [9.17, 15) is 14.4 Å². The molecule has 1 fully saturated rings. The number of carbonyl (C=O) groups excluding carboxylic acids is 2. The van der Waals surface area contributed by atoms with Crippen LogP contribution in [0.2, 0.25) is 0 Å². The molecular weight excluding hydrogens is 521 g/mol. The van der Waals surface area contributed by atoms with Gasteiger partial charge < -0.3 is 18.8 Å². The predicted molar refractivity (Wildman–Crippen MR) is 148 cm³/mol. The second-order valence-corrected chi connectivity index (χ2v) is 10.2. The normalized spacial score (nSPS) is 13.8. The number of pyridine rings is 1. The van der Waals surface area contributed by atoms with Gasteiger partial charge in [-0.3, -0.25) is 19.7 Å². The highest BCUT2D eigenvalue weighted by molar-refractivity contribution is 7.22. The summed E-state index contributed by atoms with van der Waals surface area (Å²) in [6.07, 6.45) is 2.96. The van der Waals surface area contributed by atoms with Gasteiger partial charge in [-0.2, -0.15) is 0 Å². The van der Waals surface area contributed by atoms with Gasteiger partial charge >= 0.3 is 0 Å². The van der Waals surface area contributed by atoms with Gasteiger partial charge in [0, 0.05) is 44.3 Å². The number of hydrogen-bond acceptors (Lipinski definition) is 7. The summed E-state index contributed by atoms with van der Waals surface area (Å²) in [6.45, 7) is 4.02. The number of aryl methyl sites for hydroxylation is 1. The molecule has 0 unspecified atom stereocenters. The fourth-order valence-electron chi connectivity index (χ4n) is 4.86. The maximum atomic E-state index is 15.4. The Morgan fingerprint density at radius 1 is 1.10 bits per heavy atom. The number of aromatic nitrogens is 2. The Kier molecular flexibility index (Phi) is 6.35. The maximum Gasteiger partial charge on any atom is 0.289 e. The number of hydrogen-bond donors (Lipinski definition) is 1. The predicted octanol–water partition coefficient (Wildman–Crippen LogP) is 4.58. The van der Waals surface area contributed by atoms with E-state index in [-0.39, 0.29) is 22.6 Å². The number of benzene rings is 2. The van der Waals surface area contributed by atoms with Crippen LogP contribution >= 0.6 is 11.3 Å². The van der Waals surface area contributed by atoms with Crippen molar-refractivity contribution < 1.29 is 18.4 Å². The minimum Gasteiger partial charge on any atom is -0.459 e. The summed E-state index contributed by atoms with van der Waals surface area (Å²) >= 11 is 1.31. The minimum atomic E-state index is -0.593. The third-order valence-electron chi connectivity index (χ3n) is 6.89. The molecule has 2 amide bonds. The monoisotopic (exact) mass is 545 g/mol. The molecule has 198 valence electrons. The number of rotatable bonds is 5. The van der Waals surface area contributed by atoms with Crippen LogP contribution in [0, 0.1) is 5.82 Å². The van der Waals surface area contributed by atoms with E-state index in [1.807, 2.05) is 36.1 Å². The third kappa shape index (κ3) is 4.54. The van der Waals surface area contributed by atoms with E-state index in [0.29, 0.717) is 49.1 Å². The zero-order valence-corrected chi connectivity index (χ0v) is 21.8. The molecule has 0 radical (unpaired) electrons. The smallest absolute Gasteiger partial charge is 0.289 e. The number of halogens is 1. The van der Waals surface area contributed by atoms with Gasteiger partial charge in [-0.15, -0.1) is 0 Å². The number of anilines is 2. The highest BCUT2D eigenvalue weighted by Gasteiger charge is 2.26. The summed E-state index contributed by atoms with van der Waals surface area (Å²) in [6, 6.07) is 13.6. The third-order valence-corrected chi connectivity index (χ3v) is 7.84. The molecule has 3 aromatic heterocycles. The van der Waals surface area contributed by atoms with Crippen LogP contribution in [0.4, 0.5) is 15.2 Å². The molecule has 1 saturated heterocycles. The SMILES string of the molecule is CCn1cc(C(=O)Nc2nc3ccccc3s2)c(=O)c2cc(F)c(N3CCN(C(=O)c4ccco4)CC3)cc21. The maximum absolute atomic E-state index is 15.4. The Balaban J connectivity index is 1.27. The van der Waals surface area contributed by atoms with Crippen molar-refractivity contribution in [2.45, 2.75) is 13.5 Å². The lowest BCUT2D eigenvalue weighted by molar-refractivity contribution is 0.0714. The first-order valence-electron chi connectivity index (χ1n) is 12.5. The van der Waals surface area contributed by atoms with Crippen molar-refractivity contribution in [3.63, 3.8) is 0 Å². The van der Waals surface area contributed by atoms with Gasteiger partial charge in [0.05, 0.1) is 27.7 Å². The van der Waals surface area contributed by atoms with Crippen molar-refractivity contribution >= 4 is 55.1 Å². The van der Waals surface area contributed by atoms with Crippen LogP contribution in [0.5, 0.6) is 0 Å². The number of carbonyl (C=O) groups is 2. The van der Waals surface area contributed by atoms with Crippen LogP contribution in [-0.2, 0) is 6.54 Å². The van der Waals surface area contributed by atoms with E-state index in [4.69, 9.17) is 4.42 Å². The number of furan rings is 1. The highest BCUT2D eigenvalue weighted by atomic mass is 32.1. The number of thiazole rings is 1. The van der Waals surface area contributed by atoms with Gasteiger partial charge in [0.1, 0.15) is 11.4 Å². The van der Waals surface area contributed by atoms with Gasteiger partial charge in [0.2, 0.25) is 5.43 Å². The van der Waals surface area contributed by atoms with Crippen LogP contribution in [0.1, 0.15) is 27.8 Å². The van der Waals surface area contributed by atoms with Gasteiger partial charge in [-0.05, 0) is 43.3 Å². The van der Waals surface area contributed by atoms with Crippen molar-refractivity contribution in [3.8, 4) is 0 Å². The van der Waals surface area contributed by atoms with E-state index >= 15 is 4.39 Å². The second-order valence-electron chi connectivity index (χ2n) is 9.18. The summed E-state index contributed by atoms with van der Waals surface area (Å²) in [5, 5.41) is 3.23. The first kappa shape index (κ1) is 24.8. The second kappa shape index (κ2) is 9.99. The standard InChI is InChI=1S/C28H24FN5O4S/c1-2-32-16-18(26(36)31-28-30-20-6-3-4-8-24(20)39-28)25(35)17-14-19(29)22(15-21(17)32)33-9-11-34(12-10-33)27(37)23-7-5-13-38-23/h3-8,13-16H,2,9-12H2,1H3,(H,30,31,36). The molecule has 39 heavy (non-hydrogen) atoms. The quantitative estimate of drug-likeness (QED) is 0.347. The van der Waals surface area contributed by atoms with Crippen molar-refractivity contribution in [1.29, 1.82) is 0 Å². The topological polar surface area (TPSA) is 101 Å². The zero-order chi connectivity index (χ0) is 27.1. The first-order chi connectivity index (χ1) is 18.9. The van der Waals surface area contributed by atoms with E-state index in [1.165, 1.54) is 29.9 Å². The number of para-hydroxylation sites is 1. The van der Waals surface area contributed by atoms with Gasteiger partial charge in [-0.25, -0.2) is 9.37 Å². The van der Waals surface area contributed by atoms with E-state index < -0.39 is 17.2 Å². The molecule has 9 nitrogen and oxygen atoms in total. The lowest BCUT2D eigenvalue weighted by atomic mass is 10.1. The summed E-state index contributed by atoms with van der Waals surface area (Å²) in [4.78, 5) is 47.0. The van der Waals surface area contributed by atoms with Crippen LogP contribution in [0.3, 0.4) is 0 Å². The number of amides is 2. The number of fused-ring (bicyclic) bond motifs is 2. The Morgan fingerprint density at radius 2 is 1.90 bits per heavy atom. The fourth-order valence-corrected chi connectivity index (χ4v) is 5.72. The minimum absolute atomic E-state index is 0.0826. The Hall–Kier alpha value is -4.51. The highest BCUT2D eigenvalue weighted by Crippen LogP contribution is 2.28. The molecule has 0 aliphatic carbocycles. The summed E-state index contributed by atoms with van der Waals surface area (Å²) < 4.78 is 23.3. The molecule has 0 bridgehead atoms. The van der Waals surface area contributed by atoms with Crippen LogP contribution < -0.4 is 15.6 Å². The van der Waals surface area contributed by atoms with Crippen LogP contribution in [-0.4, -0.2) is 52.4 Å². The van der Waals surface area contributed by atoms with E-state index in [2.05, 4.69) is 10.3 Å². The van der Waals surface area contributed by atoms with E-state index in [1.54, 1.807) is 27.7 Å². The van der Waals surface area contributed by atoms with Crippen molar-refractivity contribution in [3.05, 3.63) is 88.4 Å². The number of piperazine rings is 1. The summed E-state index contributed by atoms with van der Waals surface area (Å²) in [7, 11) is 0. The molecular formula is C28H24FN5O4S. The number of nitrogens with one attached hydrogen (secondary N) is 1. The molecule has 11 heteroatoms. The fraction of sp³-hybridized carbons (Fsp3) is 0.214. The molecule has 0 spiro atoms. The molecule has 1 aliphatic rings. The Bertz CT molecular complexity index is 1740. The Morgan fingerprint density at radius 3 is 2.62 bits per heavy atom. The van der Waals surface area contributed by atoms with Gasteiger partial charge in [-0.1, -0.05) is 23.5 Å². The molecule has 1 N–H and O–H groups in total. The molecule has 0 saturated carbocycles. The van der Waals surface area contributed by atoms with Crippen LogP contribution in [0.15, 0.2) is 70.2 Å². The average molecular weight is 546 g/mol. The van der Waals surface area contributed by atoms with Gasteiger partial charge in [0.25, 0.3) is 11.8 Å². The van der Waals surface area contributed by atoms with E-state index in [0.717, 1.165) is 10.2 Å². The lowest BCUT2D eigenvalue weighted by Crippen LogP contribution is -2.49. The molecule has 0 atom stereocenters. The molecule has 1 aliphatic heterocycles. The van der Waals surface area contributed by atoms with Gasteiger partial charge in [0.15, 0.2) is 10.9 Å². The molecule has 4 heterocycles. The average Bonchev–Trinajstić information content (AvgIpc) is 3.63. The van der Waals surface area contributed by atoms with Crippen molar-refractivity contribution in [1.82, 2.24) is 14.5 Å². The van der Waals surface area contributed by atoms with Crippen molar-refractivity contribution in [2.24, 2.45) is 0 Å². The molecule has 6 rings (SSSR count). The largest absolute Gasteiger partial charge is 0.459 e. The summed E-state index contributed by atoms with van der Waals surface area (Å²) in [5.74, 6) is -1.08. The number of nitrogens with zero attached hydrogens (tertiary/aromatic N) is 4. The molecule has 2 aromatic carbocycles. The Labute approximate surface area is 226 Å². The van der Waals surface area contributed by atoms with Crippen molar-refractivity contribution in [2.75, 3.05) is 36.4 Å². The first-order valence-corrected chi connectivity index (χ1v) is 13.4. The zero-order valence-electron chi connectivity index (χ0n) is 21.0. The lowest BCUT2D eigenvalue weighted by Gasteiger charge is -2.36. The molecule has 5 aromatic rings. The summed E-state index contributed by atoms with van der Waals surface area (Å²) in [5.41, 5.74) is 1.00.